The van der Waals surface area contributed by atoms with Crippen molar-refractivity contribution < 1.29 is 0 Å². The quantitative estimate of drug-likeness (QED) is 0.698. The van der Waals surface area contributed by atoms with Crippen molar-refractivity contribution in [1.29, 1.82) is 0 Å². The van der Waals surface area contributed by atoms with Gasteiger partial charge in [-0.05, 0) is 12.1 Å². The third kappa shape index (κ3) is 1.71. The van der Waals surface area contributed by atoms with Crippen LogP contribution >= 0.6 is 0 Å². The monoisotopic (exact) mass is 187 g/mol. The molecule has 0 saturated carbocycles. The Morgan fingerprint density at radius 2 is 1.86 bits per heavy atom. The highest BCUT2D eigenvalue weighted by Crippen LogP contribution is 2.06. The van der Waals surface area contributed by atoms with Gasteiger partial charge in [0.25, 0.3) is 0 Å². The summed E-state index contributed by atoms with van der Waals surface area (Å²) in [5.74, 6) is 1.10. The lowest BCUT2D eigenvalue weighted by Crippen LogP contribution is -2.01. The molecule has 0 radical (unpaired) electrons. The average Bonchev–Trinajstić information content (AvgIpc) is 2.30. The van der Waals surface area contributed by atoms with Gasteiger partial charge in [0.15, 0.2) is 5.82 Å². The average molecular weight is 187 g/mol. The molecule has 5 nitrogen and oxygen atoms in total. The van der Waals surface area contributed by atoms with Gasteiger partial charge in [-0.25, -0.2) is 0 Å². The van der Waals surface area contributed by atoms with Gasteiger partial charge in [-0.15, -0.1) is 20.4 Å². The third-order valence-corrected chi connectivity index (χ3v) is 1.73. The first-order valence-electron chi connectivity index (χ1n) is 4.38. The highest BCUT2D eigenvalue weighted by Gasteiger charge is 2.03. The minimum Gasteiger partial charge on any atom is -0.253 e. The highest BCUT2D eigenvalue weighted by molar-refractivity contribution is 5.46. The molecule has 0 aromatic carbocycles. The molecule has 0 fully saturated rings. The van der Waals surface area contributed by atoms with E-state index in [0.29, 0.717) is 17.3 Å². The van der Waals surface area contributed by atoms with Gasteiger partial charge >= 0.3 is 0 Å². The fourth-order valence-electron chi connectivity index (χ4n) is 0.989. The first kappa shape index (κ1) is 8.68. The van der Waals surface area contributed by atoms with Crippen LogP contribution in [0.1, 0.15) is 12.7 Å². The van der Waals surface area contributed by atoms with E-state index in [1.165, 1.54) is 0 Å². The zero-order valence-corrected chi connectivity index (χ0v) is 7.75. The summed E-state index contributed by atoms with van der Waals surface area (Å²) in [4.78, 5) is 4.10. The standard InChI is InChI=1S/C9H9N5/c1-2-8-11-13-9(14-12-8)7-5-3-4-6-10-7/h3-6H,2H2,1H3. The highest BCUT2D eigenvalue weighted by atomic mass is 15.3. The molecule has 14 heavy (non-hydrogen) atoms. The topological polar surface area (TPSA) is 64.5 Å². The Hall–Kier alpha value is -1.91. The molecule has 2 heterocycles. The van der Waals surface area contributed by atoms with Crippen LogP contribution in [0, 0.1) is 0 Å². The SMILES string of the molecule is CCc1nnc(-c2ccccn2)nn1. The molecule has 0 atom stereocenters. The molecule has 2 rings (SSSR count). The molecule has 0 N–H and O–H groups in total. The summed E-state index contributed by atoms with van der Waals surface area (Å²) in [7, 11) is 0. The summed E-state index contributed by atoms with van der Waals surface area (Å²) >= 11 is 0. The van der Waals surface area contributed by atoms with Gasteiger partial charge in [-0.2, -0.15) is 0 Å². The molecule has 0 saturated heterocycles. The first-order chi connectivity index (χ1) is 6.90. The normalized spacial score (nSPS) is 10.1. The van der Waals surface area contributed by atoms with Crippen molar-refractivity contribution in [3.8, 4) is 11.5 Å². The minimum absolute atomic E-state index is 0.461. The van der Waals surface area contributed by atoms with E-state index in [1.54, 1.807) is 6.20 Å². The van der Waals surface area contributed by atoms with Gasteiger partial charge in [0.05, 0.1) is 0 Å². The van der Waals surface area contributed by atoms with Gasteiger partial charge in [0.2, 0.25) is 5.82 Å². The lowest BCUT2D eigenvalue weighted by atomic mass is 10.3. The molecule has 2 aromatic rings. The van der Waals surface area contributed by atoms with E-state index in [0.717, 1.165) is 6.42 Å². The Labute approximate surface area is 81.3 Å². The molecule has 0 aliphatic rings. The molecule has 0 bridgehead atoms. The molecule has 0 unspecified atom stereocenters. The van der Waals surface area contributed by atoms with Crippen LogP contribution < -0.4 is 0 Å². The Balaban J connectivity index is 2.34. The summed E-state index contributed by atoms with van der Waals surface area (Å²) < 4.78 is 0. The summed E-state index contributed by atoms with van der Waals surface area (Å²) in [5, 5.41) is 15.7. The summed E-state index contributed by atoms with van der Waals surface area (Å²) in [6.07, 6.45) is 2.43. The van der Waals surface area contributed by atoms with Crippen molar-refractivity contribution in [3.05, 3.63) is 30.2 Å². The van der Waals surface area contributed by atoms with Crippen LogP contribution in [0.4, 0.5) is 0 Å². The third-order valence-electron chi connectivity index (χ3n) is 1.73. The minimum atomic E-state index is 0.461. The second kappa shape index (κ2) is 3.87. The largest absolute Gasteiger partial charge is 0.253 e. The Kier molecular flexibility index (Phi) is 2.40. The number of hydrogen-bond donors (Lipinski definition) is 0. The molecule has 70 valence electrons. The summed E-state index contributed by atoms with van der Waals surface area (Å²) in [6.45, 7) is 1.96. The maximum atomic E-state index is 4.10. The molecule has 0 spiro atoms. The fraction of sp³-hybridized carbons (Fsp3) is 0.222. The molecular weight excluding hydrogens is 178 g/mol. The van der Waals surface area contributed by atoms with Gasteiger partial charge in [0.1, 0.15) is 5.69 Å². The van der Waals surface area contributed by atoms with Crippen molar-refractivity contribution in [3.63, 3.8) is 0 Å². The van der Waals surface area contributed by atoms with Crippen LogP contribution in [0.3, 0.4) is 0 Å². The van der Waals surface area contributed by atoms with Crippen LogP contribution in [0.25, 0.3) is 11.5 Å². The van der Waals surface area contributed by atoms with Gasteiger partial charge < -0.3 is 0 Å². The zero-order valence-electron chi connectivity index (χ0n) is 7.75. The fourth-order valence-corrected chi connectivity index (χ4v) is 0.989. The molecule has 0 aliphatic carbocycles. The molecule has 0 amide bonds. The van der Waals surface area contributed by atoms with Crippen molar-refractivity contribution in [2.45, 2.75) is 13.3 Å². The zero-order chi connectivity index (χ0) is 9.80. The summed E-state index contributed by atoms with van der Waals surface area (Å²) in [6, 6.07) is 5.54. The van der Waals surface area contributed by atoms with Crippen molar-refractivity contribution in [1.82, 2.24) is 25.4 Å². The number of rotatable bonds is 2. The summed E-state index contributed by atoms with van der Waals surface area (Å²) in [5.41, 5.74) is 0.690. The van der Waals surface area contributed by atoms with Gasteiger partial charge in [-0.1, -0.05) is 13.0 Å². The van der Waals surface area contributed by atoms with Crippen LogP contribution in [0.2, 0.25) is 0 Å². The van der Waals surface area contributed by atoms with Crippen molar-refractivity contribution >= 4 is 0 Å². The predicted molar refractivity (Wildman–Crippen MR) is 50.2 cm³/mol. The lowest BCUT2D eigenvalue weighted by Gasteiger charge is -1.96. The number of hydrogen-bond acceptors (Lipinski definition) is 5. The van der Waals surface area contributed by atoms with Crippen LogP contribution in [-0.4, -0.2) is 25.4 Å². The molecular formula is C9H9N5. The molecule has 0 aliphatic heterocycles. The second-order valence-electron chi connectivity index (χ2n) is 2.71. The van der Waals surface area contributed by atoms with Crippen LogP contribution in [-0.2, 0) is 6.42 Å². The number of aromatic nitrogens is 5. The van der Waals surface area contributed by atoms with E-state index in [-0.39, 0.29) is 0 Å². The van der Waals surface area contributed by atoms with E-state index < -0.39 is 0 Å². The second-order valence-corrected chi connectivity index (χ2v) is 2.71. The lowest BCUT2D eigenvalue weighted by molar-refractivity contribution is 0.772. The Morgan fingerprint density at radius 1 is 1.07 bits per heavy atom. The first-order valence-corrected chi connectivity index (χ1v) is 4.38. The number of nitrogens with zero attached hydrogens (tertiary/aromatic N) is 5. The van der Waals surface area contributed by atoms with E-state index in [9.17, 15) is 0 Å². The number of pyridine rings is 1. The molecule has 5 heteroatoms. The Morgan fingerprint density at radius 3 is 2.43 bits per heavy atom. The molecule has 2 aromatic heterocycles. The maximum Gasteiger partial charge on any atom is 0.221 e. The van der Waals surface area contributed by atoms with Gasteiger partial charge in [0, 0.05) is 12.6 Å². The van der Waals surface area contributed by atoms with Crippen molar-refractivity contribution in [2.24, 2.45) is 0 Å². The van der Waals surface area contributed by atoms with Gasteiger partial charge in [-0.3, -0.25) is 4.98 Å². The van der Waals surface area contributed by atoms with Crippen molar-refractivity contribution in [2.75, 3.05) is 0 Å². The predicted octanol–water partition coefficient (Wildman–Crippen LogP) is 0.891. The van der Waals surface area contributed by atoms with E-state index in [4.69, 9.17) is 0 Å². The van der Waals surface area contributed by atoms with Crippen LogP contribution in [0.15, 0.2) is 24.4 Å². The smallest absolute Gasteiger partial charge is 0.221 e. The van der Waals surface area contributed by atoms with E-state index in [1.807, 2.05) is 25.1 Å². The van der Waals surface area contributed by atoms with E-state index in [2.05, 4.69) is 25.4 Å². The van der Waals surface area contributed by atoms with Crippen LogP contribution in [0.5, 0.6) is 0 Å². The Bertz CT molecular complexity index is 397. The maximum absolute atomic E-state index is 4.10. The van der Waals surface area contributed by atoms with E-state index >= 15 is 0 Å². The number of aryl methyl sites for hydroxylation is 1.